The van der Waals surface area contributed by atoms with Crippen LogP contribution in [0.15, 0.2) is 41.0 Å². The average Bonchev–Trinajstić information content (AvgIpc) is 3.39. The van der Waals surface area contributed by atoms with E-state index in [1.54, 1.807) is 18.4 Å². The van der Waals surface area contributed by atoms with Crippen LogP contribution in [-0.2, 0) is 19.2 Å². The highest BCUT2D eigenvalue weighted by atomic mass is 32.2. The predicted octanol–water partition coefficient (Wildman–Crippen LogP) is 5.28. The smallest absolute Gasteiger partial charge is 0.151 e. The van der Waals surface area contributed by atoms with E-state index in [1.165, 1.54) is 18.5 Å². The molecular weight excluding hydrogens is 483 g/mol. The minimum Gasteiger partial charge on any atom is -0.483 e. The quantitative estimate of drug-likeness (QED) is 0.495. The minimum absolute atomic E-state index is 0.0177. The summed E-state index contributed by atoms with van der Waals surface area (Å²) in [6.07, 6.45) is 3.49. The van der Waals surface area contributed by atoms with Gasteiger partial charge in [-0.05, 0) is 63.9 Å². The second-order valence-corrected chi connectivity index (χ2v) is 13.3. The standard InChI is InChI=1S/C26H31FN4O4S/c1-15-10-17(31-36(5,32)26(2,3)4)12-19-23(15)25(29-14-28-19)30-18-7-6-16(27)11-21(18)35-22-13-34-20-8-9-33-24(20)22/h6-7,10-12,14,20,22,24H,8-9,13H2,1-5H3,(H,28,29,30)/t20-,22-,24?,36?/m1/s1. The third-order valence-electron chi connectivity index (χ3n) is 6.73. The van der Waals surface area contributed by atoms with Crippen LogP contribution < -0.4 is 10.1 Å². The van der Waals surface area contributed by atoms with Gasteiger partial charge in [0.05, 0.1) is 39.3 Å². The van der Waals surface area contributed by atoms with Crippen LogP contribution in [0.3, 0.4) is 0 Å². The number of nitrogens with zero attached hydrogens (tertiary/aromatic N) is 3. The second kappa shape index (κ2) is 9.24. The van der Waals surface area contributed by atoms with Crippen molar-refractivity contribution < 1.29 is 22.8 Å². The van der Waals surface area contributed by atoms with E-state index < -0.39 is 20.3 Å². The number of aryl methyl sites for hydroxylation is 1. The molecule has 10 heteroatoms. The number of hydrogen-bond acceptors (Lipinski definition) is 8. The van der Waals surface area contributed by atoms with Gasteiger partial charge in [-0.2, -0.15) is 4.36 Å². The summed E-state index contributed by atoms with van der Waals surface area (Å²) in [5, 5.41) is 4.08. The highest BCUT2D eigenvalue weighted by Gasteiger charge is 2.43. The number of benzene rings is 2. The normalized spacial score (nSPS) is 23.3. The van der Waals surface area contributed by atoms with Crippen LogP contribution in [0.5, 0.6) is 5.75 Å². The molecule has 192 valence electrons. The molecule has 1 aromatic heterocycles. The number of nitrogens with one attached hydrogen (secondary N) is 1. The predicted molar refractivity (Wildman–Crippen MR) is 138 cm³/mol. The zero-order chi connectivity index (χ0) is 25.7. The molecule has 2 aliphatic heterocycles. The summed E-state index contributed by atoms with van der Waals surface area (Å²) in [6, 6.07) is 8.02. The molecule has 3 aromatic rings. The molecule has 2 saturated heterocycles. The first-order valence-corrected chi connectivity index (χ1v) is 13.9. The summed E-state index contributed by atoms with van der Waals surface area (Å²) in [7, 11) is -2.48. The molecule has 0 aliphatic carbocycles. The van der Waals surface area contributed by atoms with Crippen molar-refractivity contribution in [2.24, 2.45) is 4.36 Å². The number of hydrogen-bond donors (Lipinski definition) is 1. The van der Waals surface area contributed by atoms with E-state index >= 15 is 0 Å². The van der Waals surface area contributed by atoms with E-state index in [1.807, 2.05) is 33.8 Å². The maximum Gasteiger partial charge on any atom is 0.151 e. The SMILES string of the molecule is Cc1cc(N=S(C)(=O)C(C)(C)C)cc2ncnc(Nc3ccc(F)cc3O[C@@H]3CO[C@@H]4CCOC43)c12. The lowest BCUT2D eigenvalue weighted by molar-refractivity contribution is 0.0310. The van der Waals surface area contributed by atoms with Gasteiger partial charge in [-0.1, -0.05) is 0 Å². The lowest BCUT2D eigenvalue weighted by Gasteiger charge is -2.21. The summed E-state index contributed by atoms with van der Waals surface area (Å²) >= 11 is 0. The molecule has 2 unspecified atom stereocenters. The lowest BCUT2D eigenvalue weighted by Crippen LogP contribution is -2.32. The van der Waals surface area contributed by atoms with Gasteiger partial charge in [0.1, 0.15) is 29.8 Å². The number of aromatic nitrogens is 2. The summed E-state index contributed by atoms with van der Waals surface area (Å²) in [6.45, 7) is 8.69. The molecule has 0 bridgehead atoms. The van der Waals surface area contributed by atoms with Crippen molar-refractivity contribution in [3.63, 3.8) is 0 Å². The van der Waals surface area contributed by atoms with Crippen LogP contribution in [0.25, 0.3) is 10.9 Å². The van der Waals surface area contributed by atoms with E-state index in [-0.39, 0.29) is 18.3 Å². The first-order valence-electron chi connectivity index (χ1n) is 12.0. The van der Waals surface area contributed by atoms with Gasteiger partial charge in [0, 0.05) is 29.1 Å². The topological polar surface area (TPSA) is 94.9 Å². The van der Waals surface area contributed by atoms with Gasteiger partial charge in [0.25, 0.3) is 0 Å². The van der Waals surface area contributed by atoms with Crippen molar-refractivity contribution >= 4 is 37.8 Å². The fourth-order valence-electron chi connectivity index (χ4n) is 4.38. The van der Waals surface area contributed by atoms with Gasteiger partial charge in [-0.15, -0.1) is 0 Å². The molecule has 2 aliphatic rings. The van der Waals surface area contributed by atoms with Gasteiger partial charge < -0.3 is 19.5 Å². The van der Waals surface area contributed by atoms with E-state index in [9.17, 15) is 8.60 Å². The maximum absolute atomic E-state index is 14.2. The van der Waals surface area contributed by atoms with Gasteiger partial charge in [0.2, 0.25) is 0 Å². The summed E-state index contributed by atoms with van der Waals surface area (Å²) in [4.78, 5) is 8.87. The second-order valence-electron chi connectivity index (χ2n) is 10.3. The van der Waals surface area contributed by atoms with E-state index in [2.05, 4.69) is 19.6 Å². The monoisotopic (exact) mass is 514 g/mol. The molecule has 0 saturated carbocycles. The summed E-state index contributed by atoms with van der Waals surface area (Å²) in [5.74, 6) is 0.494. The Balaban J connectivity index is 1.49. The van der Waals surface area contributed by atoms with Crippen molar-refractivity contribution in [1.82, 2.24) is 9.97 Å². The first kappa shape index (κ1) is 24.9. The molecule has 8 nitrogen and oxygen atoms in total. The largest absolute Gasteiger partial charge is 0.483 e. The molecular formula is C26H31FN4O4S. The third-order valence-corrected chi connectivity index (χ3v) is 9.56. The molecule has 5 rings (SSSR count). The Morgan fingerprint density at radius 3 is 2.78 bits per heavy atom. The Labute approximate surface area is 210 Å². The van der Waals surface area contributed by atoms with Gasteiger partial charge in [-0.25, -0.2) is 18.6 Å². The Bertz CT molecular complexity index is 1430. The zero-order valence-corrected chi connectivity index (χ0v) is 21.9. The minimum atomic E-state index is -2.48. The number of rotatable bonds is 5. The molecule has 0 spiro atoms. The Hall–Kier alpha value is -2.82. The Kier molecular flexibility index (Phi) is 6.38. The Morgan fingerprint density at radius 2 is 2.00 bits per heavy atom. The van der Waals surface area contributed by atoms with Crippen LogP contribution in [0.4, 0.5) is 21.6 Å². The van der Waals surface area contributed by atoms with E-state index in [0.717, 1.165) is 17.4 Å². The van der Waals surface area contributed by atoms with E-state index in [4.69, 9.17) is 14.2 Å². The molecule has 1 N–H and O–H groups in total. The number of anilines is 2. The highest BCUT2D eigenvalue weighted by Crippen LogP contribution is 2.36. The van der Waals surface area contributed by atoms with Crippen LogP contribution in [0.2, 0.25) is 0 Å². The van der Waals surface area contributed by atoms with E-state index in [0.29, 0.717) is 41.7 Å². The fraction of sp³-hybridized carbons (Fsp3) is 0.462. The zero-order valence-electron chi connectivity index (χ0n) is 21.1. The maximum atomic E-state index is 14.2. The average molecular weight is 515 g/mol. The molecule has 3 heterocycles. The molecule has 2 fully saturated rings. The van der Waals surface area contributed by atoms with Gasteiger partial charge >= 0.3 is 0 Å². The van der Waals surface area contributed by atoms with Crippen molar-refractivity contribution in [2.45, 2.75) is 57.2 Å². The molecule has 0 amide bonds. The van der Waals surface area contributed by atoms with Crippen LogP contribution in [0.1, 0.15) is 32.8 Å². The van der Waals surface area contributed by atoms with Gasteiger partial charge in [0.15, 0.2) is 6.10 Å². The third kappa shape index (κ3) is 4.77. The molecule has 2 aromatic carbocycles. The number of ether oxygens (including phenoxy) is 3. The van der Waals surface area contributed by atoms with Gasteiger partial charge in [-0.3, -0.25) is 0 Å². The lowest BCUT2D eigenvalue weighted by atomic mass is 10.1. The first-order chi connectivity index (χ1) is 17.0. The summed E-state index contributed by atoms with van der Waals surface area (Å²) in [5.41, 5.74) is 2.70. The van der Waals surface area contributed by atoms with Crippen LogP contribution in [-0.4, -0.2) is 56.7 Å². The van der Waals surface area contributed by atoms with Crippen LogP contribution >= 0.6 is 0 Å². The number of fused-ring (bicyclic) bond motifs is 2. The fourth-order valence-corrected chi connectivity index (χ4v) is 5.16. The highest BCUT2D eigenvalue weighted by molar-refractivity contribution is 7.94. The molecule has 4 atom stereocenters. The number of halogens is 1. The molecule has 36 heavy (non-hydrogen) atoms. The van der Waals surface area contributed by atoms with Crippen molar-refractivity contribution in [1.29, 1.82) is 0 Å². The van der Waals surface area contributed by atoms with Crippen molar-refractivity contribution in [3.05, 3.63) is 48.0 Å². The Morgan fingerprint density at radius 1 is 1.19 bits per heavy atom. The van der Waals surface area contributed by atoms with Crippen molar-refractivity contribution in [2.75, 3.05) is 24.8 Å². The van der Waals surface area contributed by atoms with Crippen LogP contribution in [0, 0.1) is 12.7 Å². The summed E-state index contributed by atoms with van der Waals surface area (Å²) < 4.78 is 49.1. The molecule has 0 radical (unpaired) electrons. The van der Waals surface area contributed by atoms with Crippen molar-refractivity contribution in [3.8, 4) is 5.75 Å².